The summed E-state index contributed by atoms with van der Waals surface area (Å²) in [5.74, 6) is -3.83. The smallest absolute Gasteiger partial charge is 0.277 e. The monoisotopic (exact) mass is 662 g/mol. The summed E-state index contributed by atoms with van der Waals surface area (Å²) >= 11 is 8.27. The minimum Gasteiger partial charge on any atom is -0.351 e. The van der Waals surface area contributed by atoms with Crippen LogP contribution in [0, 0.1) is 21.1 Å². The number of hydroxylamine groups is 1. The summed E-state index contributed by atoms with van der Waals surface area (Å²) in [6.07, 6.45) is 4.89. The minimum absolute atomic E-state index is 0.129. The molecule has 13 heteroatoms. The molecule has 1 fully saturated rings. The van der Waals surface area contributed by atoms with Crippen molar-refractivity contribution in [3.63, 3.8) is 0 Å². The van der Waals surface area contributed by atoms with Gasteiger partial charge in [0.15, 0.2) is 11.6 Å². The maximum absolute atomic E-state index is 15.5. The molecule has 8 nitrogen and oxygen atoms in total. The van der Waals surface area contributed by atoms with Gasteiger partial charge in [-0.05, 0) is 83.3 Å². The second-order valence-electron chi connectivity index (χ2n) is 8.48. The first-order valence-corrected chi connectivity index (χ1v) is 14.0. The van der Waals surface area contributed by atoms with Crippen LogP contribution in [0.25, 0.3) is 0 Å². The number of amides is 1. The van der Waals surface area contributed by atoms with E-state index in [4.69, 9.17) is 16.4 Å². The molecule has 0 radical (unpaired) electrons. The average Bonchev–Trinajstić information content (AvgIpc) is 3.68. The van der Waals surface area contributed by atoms with Crippen LogP contribution in [0.15, 0.2) is 53.7 Å². The molecule has 1 amide bonds. The van der Waals surface area contributed by atoms with Crippen molar-refractivity contribution in [3.05, 3.63) is 80.1 Å². The third kappa shape index (κ3) is 6.55. The number of halogens is 4. The van der Waals surface area contributed by atoms with Gasteiger partial charge in [0.1, 0.15) is 4.90 Å². The van der Waals surface area contributed by atoms with Crippen molar-refractivity contribution in [3.8, 4) is 0 Å². The fourth-order valence-corrected chi connectivity index (χ4v) is 5.52. The Morgan fingerprint density at radius 3 is 2.54 bits per heavy atom. The molecule has 4 rings (SSSR count). The summed E-state index contributed by atoms with van der Waals surface area (Å²) in [6, 6.07) is 8.77. The molecule has 0 bridgehead atoms. The highest BCUT2D eigenvalue weighted by atomic mass is 127. The number of aromatic nitrogens is 1. The van der Waals surface area contributed by atoms with E-state index >= 15 is 8.78 Å². The Bertz CT molecular complexity index is 1430. The van der Waals surface area contributed by atoms with Crippen molar-refractivity contribution < 1.29 is 26.8 Å². The summed E-state index contributed by atoms with van der Waals surface area (Å²) in [5.41, 5.74) is 1.92. The minimum atomic E-state index is -4.55. The molecule has 1 heterocycles. The molecule has 0 saturated heterocycles. The van der Waals surface area contributed by atoms with Gasteiger partial charge in [0.2, 0.25) is 10.0 Å². The highest BCUT2D eigenvalue weighted by Crippen LogP contribution is 2.35. The van der Waals surface area contributed by atoms with Crippen molar-refractivity contribution in [2.75, 3.05) is 19.0 Å². The van der Waals surface area contributed by atoms with E-state index in [0.717, 1.165) is 26.8 Å². The molecule has 0 aliphatic heterocycles. The average molecular weight is 663 g/mol. The van der Waals surface area contributed by atoms with E-state index in [-0.39, 0.29) is 23.9 Å². The third-order valence-electron chi connectivity index (χ3n) is 5.63. The van der Waals surface area contributed by atoms with Crippen LogP contribution in [0.5, 0.6) is 0 Å². The van der Waals surface area contributed by atoms with Crippen LogP contribution in [0.1, 0.15) is 28.8 Å². The molecule has 196 valence electrons. The van der Waals surface area contributed by atoms with Crippen LogP contribution in [0.2, 0.25) is 5.02 Å². The first-order valence-electron chi connectivity index (χ1n) is 11.1. The molecule has 0 unspecified atom stereocenters. The lowest BCUT2D eigenvalue weighted by Crippen LogP contribution is -2.30. The van der Waals surface area contributed by atoms with Crippen LogP contribution >= 0.6 is 34.2 Å². The number of hydrogen-bond acceptors (Lipinski definition) is 6. The van der Waals surface area contributed by atoms with Gasteiger partial charge < -0.3 is 5.32 Å². The van der Waals surface area contributed by atoms with Gasteiger partial charge in [0.25, 0.3) is 5.91 Å². The van der Waals surface area contributed by atoms with Crippen LogP contribution in [0.4, 0.5) is 20.2 Å². The van der Waals surface area contributed by atoms with Crippen molar-refractivity contribution in [2.45, 2.75) is 24.3 Å². The Kier molecular flexibility index (Phi) is 8.63. The Morgan fingerprint density at radius 2 is 1.89 bits per heavy atom. The quantitative estimate of drug-likeness (QED) is 0.227. The number of hydrogen-bond donors (Lipinski definition) is 2. The van der Waals surface area contributed by atoms with Gasteiger partial charge in [-0.15, -0.1) is 0 Å². The van der Waals surface area contributed by atoms with Gasteiger partial charge in [-0.1, -0.05) is 11.6 Å². The molecule has 0 atom stereocenters. The van der Waals surface area contributed by atoms with Gasteiger partial charge in [0.05, 0.1) is 28.6 Å². The first kappa shape index (κ1) is 27.6. The maximum Gasteiger partial charge on any atom is 0.277 e. The number of benzene rings is 2. The summed E-state index contributed by atoms with van der Waals surface area (Å²) in [7, 11) is -3.33. The molecule has 2 aromatic carbocycles. The molecule has 1 aromatic heterocycles. The molecule has 1 aliphatic carbocycles. The van der Waals surface area contributed by atoms with Crippen LogP contribution in [0.3, 0.4) is 0 Å². The van der Waals surface area contributed by atoms with Crippen LogP contribution < -0.4 is 10.8 Å². The summed E-state index contributed by atoms with van der Waals surface area (Å²) < 4.78 is 58.9. The summed E-state index contributed by atoms with van der Waals surface area (Å²) in [5, 5.41) is 2.83. The Balaban J connectivity index is 1.74. The third-order valence-corrected chi connectivity index (χ3v) is 8.42. The summed E-state index contributed by atoms with van der Waals surface area (Å²) in [4.78, 5) is 21.1. The van der Waals surface area contributed by atoms with Crippen LogP contribution in [-0.4, -0.2) is 37.3 Å². The first-order chi connectivity index (χ1) is 17.6. The van der Waals surface area contributed by atoms with Gasteiger partial charge in [0, 0.05) is 29.6 Å². The number of pyridine rings is 1. The molecule has 2 N–H and O–H groups in total. The fraction of sp³-hybridized carbons (Fsp3) is 0.250. The Morgan fingerprint density at radius 1 is 1.19 bits per heavy atom. The van der Waals surface area contributed by atoms with E-state index in [1.165, 1.54) is 25.5 Å². The van der Waals surface area contributed by atoms with Gasteiger partial charge in [-0.3, -0.25) is 14.6 Å². The number of rotatable bonds is 10. The highest BCUT2D eigenvalue weighted by Gasteiger charge is 2.32. The van der Waals surface area contributed by atoms with E-state index in [2.05, 4.69) is 15.8 Å². The predicted octanol–water partition coefficient (Wildman–Crippen LogP) is 5.25. The number of anilines is 2. The Hall–Kier alpha value is -2.39. The van der Waals surface area contributed by atoms with Crippen molar-refractivity contribution >= 4 is 61.5 Å². The van der Waals surface area contributed by atoms with Gasteiger partial charge >= 0.3 is 0 Å². The molecule has 3 aromatic rings. The topological polar surface area (TPSA) is 101 Å². The van der Waals surface area contributed by atoms with E-state index in [9.17, 15) is 13.2 Å². The number of carbonyl (C=O) groups is 1. The van der Waals surface area contributed by atoms with Gasteiger partial charge in [-0.2, -0.15) is 4.31 Å². The number of nitrogens with one attached hydrogen (secondary N) is 2. The van der Waals surface area contributed by atoms with E-state index in [1.54, 1.807) is 24.3 Å². The zero-order chi connectivity index (χ0) is 26.7. The number of sulfonamides is 1. The second kappa shape index (κ2) is 11.6. The molecule has 1 saturated carbocycles. The molecule has 1 aliphatic rings. The Labute approximate surface area is 231 Å². The molecule has 37 heavy (non-hydrogen) atoms. The molecular weight excluding hydrogens is 641 g/mol. The molecular formula is C24H22ClF2IN4O4S. The normalized spacial score (nSPS) is 13.6. The number of carbonyl (C=O) groups excluding carboxylic acids is 1. The van der Waals surface area contributed by atoms with Crippen molar-refractivity contribution in [1.82, 2.24) is 14.8 Å². The highest BCUT2D eigenvalue weighted by molar-refractivity contribution is 14.1. The standard InChI is InChI=1S/C24H22ClF2IN4O4S/c1-32(12-14-6-8-29-9-7-14)37(34,35)20-11-17(24(33)31-36-13-15-2-3-15)23(22(27)21(20)26)30-19-5-4-16(28)10-18(19)25/h4-11,15,30H,2-3,12-13H2,1H3,(H,31,33). The largest absolute Gasteiger partial charge is 0.351 e. The van der Waals surface area contributed by atoms with Crippen molar-refractivity contribution in [2.24, 2.45) is 5.92 Å². The van der Waals surface area contributed by atoms with Crippen LogP contribution in [-0.2, 0) is 21.4 Å². The zero-order valence-electron chi connectivity index (χ0n) is 19.5. The van der Waals surface area contributed by atoms with E-state index in [1.807, 2.05) is 22.6 Å². The lowest BCUT2D eigenvalue weighted by molar-refractivity contribution is 0.0270. The van der Waals surface area contributed by atoms with Crippen molar-refractivity contribution in [1.29, 1.82) is 0 Å². The van der Waals surface area contributed by atoms with E-state index in [0.29, 0.717) is 11.5 Å². The summed E-state index contributed by atoms with van der Waals surface area (Å²) in [6.45, 7) is 0.122. The fourth-order valence-electron chi connectivity index (χ4n) is 3.38. The second-order valence-corrected chi connectivity index (χ2v) is 12.1. The number of nitrogens with zero attached hydrogens (tertiary/aromatic N) is 2. The maximum atomic E-state index is 15.5. The molecule has 0 spiro atoms. The van der Waals surface area contributed by atoms with E-state index < -0.39 is 43.7 Å². The lowest BCUT2D eigenvalue weighted by Gasteiger charge is -2.20. The zero-order valence-corrected chi connectivity index (χ0v) is 23.2. The lowest BCUT2D eigenvalue weighted by atomic mass is 10.1. The predicted molar refractivity (Wildman–Crippen MR) is 143 cm³/mol. The van der Waals surface area contributed by atoms with Gasteiger partial charge in [-0.25, -0.2) is 22.7 Å². The SMILES string of the molecule is CN(Cc1ccncc1)S(=O)(=O)c1cc(C(=O)NOCC2CC2)c(Nc2ccc(I)cc2Cl)c(F)c1F.